The van der Waals surface area contributed by atoms with Crippen molar-refractivity contribution < 1.29 is 32.7 Å². The van der Waals surface area contributed by atoms with Crippen LogP contribution in [0.3, 0.4) is 0 Å². The van der Waals surface area contributed by atoms with Gasteiger partial charge >= 0.3 is 5.97 Å². The molecular weight excluding hydrogens is 496 g/mol. The topological polar surface area (TPSA) is 153 Å². The highest BCUT2D eigenvalue weighted by molar-refractivity contribution is 8.03. The first-order valence-electron chi connectivity index (χ1n) is 11.6. The van der Waals surface area contributed by atoms with Crippen molar-refractivity contribution in [2.24, 2.45) is 17.8 Å². The van der Waals surface area contributed by atoms with Crippen molar-refractivity contribution in [2.45, 2.75) is 57.0 Å². The van der Waals surface area contributed by atoms with Crippen LogP contribution in [-0.4, -0.2) is 97.2 Å². The van der Waals surface area contributed by atoms with E-state index in [-0.39, 0.29) is 58.9 Å². The van der Waals surface area contributed by atoms with Gasteiger partial charge < -0.3 is 20.2 Å². The van der Waals surface area contributed by atoms with Gasteiger partial charge in [0.25, 0.3) is 0 Å². The molecule has 2 amide bonds. The van der Waals surface area contributed by atoms with Crippen molar-refractivity contribution in [3.63, 3.8) is 0 Å². The third kappa shape index (κ3) is 5.57. The largest absolute Gasteiger partial charge is 0.477 e. The van der Waals surface area contributed by atoms with Gasteiger partial charge in [0.1, 0.15) is 5.70 Å². The molecule has 35 heavy (non-hydrogen) atoms. The van der Waals surface area contributed by atoms with Crippen LogP contribution in [0, 0.1) is 17.8 Å². The zero-order valence-corrected chi connectivity index (χ0v) is 22.4. The molecule has 196 valence electrons. The maximum absolute atomic E-state index is 13.1. The van der Waals surface area contributed by atoms with Gasteiger partial charge in [-0.15, -0.1) is 11.8 Å². The van der Waals surface area contributed by atoms with Crippen molar-refractivity contribution in [1.82, 2.24) is 19.8 Å². The lowest BCUT2D eigenvalue weighted by molar-refractivity contribution is -0.160. The highest BCUT2D eigenvalue weighted by atomic mass is 32.2. The van der Waals surface area contributed by atoms with E-state index in [2.05, 4.69) is 10.0 Å². The number of likely N-dealkylation sites (N-methyl/N-ethyl adjacent to an activating group) is 1. The molecule has 0 aromatic carbocycles. The smallest absolute Gasteiger partial charge is 0.353 e. The minimum atomic E-state index is -3.55. The minimum absolute atomic E-state index is 0.00288. The van der Waals surface area contributed by atoms with Crippen LogP contribution in [0.4, 0.5) is 0 Å². The van der Waals surface area contributed by atoms with E-state index < -0.39 is 28.0 Å². The Labute approximate surface area is 210 Å². The Bertz CT molecular complexity index is 1060. The van der Waals surface area contributed by atoms with Crippen molar-refractivity contribution in [3.05, 3.63) is 10.6 Å². The average molecular weight is 531 g/mol. The third-order valence-corrected chi connectivity index (χ3v) is 9.22. The normalized spacial score (nSPS) is 30.1. The van der Waals surface area contributed by atoms with E-state index in [1.807, 2.05) is 6.92 Å². The number of carboxylic acids is 1. The Morgan fingerprint density at radius 3 is 2.46 bits per heavy atom. The first-order valence-corrected chi connectivity index (χ1v) is 14.3. The summed E-state index contributed by atoms with van der Waals surface area (Å²) >= 11 is 1.41. The number of aliphatic carboxylic acids is 1. The number of ketones is 1. The van der Waals surface area contributed by atoms with Crippen LogP contribution in [-0.2, 0) is 29.2 Å². The molecule has 3 heterocycles. The van der Waals surface area contributed by atoms with Crippen LogP contribution in [0.25, 0.3) is 0 Å². The number of β-lactam (4-membered cyclic amide) rings is 1. The number of carboxylic acid groups (broad SMARTS) is 1. The van der Waals surface area contributed by atoms with Crippen LogP contribution < -0.4 is 10.0 Å². The van der Waals surface area contributed by atoms with Crippen molar-refractivity contribution >= 4 is 45.4 Å². The molecular formula is C22H34N4O7S2. The predicted molar refractivity (Wildman–Crippen MR) is 131 cm³/mol. The molecule has 0 aromatic rings. The molecule has 13 heteroatoms. The fourth-order valence-electron chi connectivity index (χ4n) is 5.25. The number of rotatable bonds is 10. The van der Waals surface area contributed by atoms with Crippen LogP contribution in [0.2, 0.25) is 0 Å². The Morgan fingerprint density at radius 1 is 1.29 bits per heavy atom. The monoisotopic (exact) mass is 530 g/mol. The molecule has 2 fully saturated rings. The molecule has 11 nitrogen and oxygen atoms in total. The van der Waals surface area contributed by atoms with E-state index in [0.29, 0.717) is 17.9 Å². The van der Waals surface area contributed by atoms with Crippen LogP contribution >= 0.6 is 11.8 Å². The number of hydrogen-bond donors (Lipinski definition) is 3. The van der Waals surface area contributed by atoms with Crippen LogP contribution in [0.15, 0.2) is 10.6 Å². The maximum atomic E-state index is 13.1. The van der Waals surface area contributed by atoms with Gasteiger partial charge in [-0.25, -0.2) is 17.9 Å². The zero-order valence-electron chi connectivity index (χ0n) is 20.8. The van der Waals surface area contributed by atoms with Gasteiger partial charge in [-0.2, -0.15) is 0 Å². The first kappa shape index (κ1) is 27.6. The fraction of sp³-hybridized carbons (Fsp3) is 0.727. The Kier molecular flexibility index (Phi) is 8.04. The summed E-state index contributed by atoms with van der Waals surface area (Å²) in [5.41, 5.74) is -0.0122. The lowest BCUT2D eigenvalue weighted by Crippen LogP contribution is -2.62. The highest BCUT2D eigenvalue weighted by Gasteiger charge is 2.60. The Balaban J connectivity index is 1.72. The van der Waals surface area contributed by atoms with Gasteiger partial charge in [0.05, 0.1) is 30.3 Å². The number of nitrogens with one attached hydrogen (secondary N) is 2. The van der Waals surface area contributed by atoms with Gasteiger partial charge in [-0.1, -0.05) is 13.8 Å². The van der Waals surface area contributed by atoms with Crippen LogP contribution in [0.1, 0.15) is 33.6 Å². The number of amides is 2. The number of Topliss-reactive ketones (excluding diaryl/α,β-unsaturated/α-hetero) is 1. The fourth-order valence-corrected chi connectivity index (χ4v) is 7.50. The molecule has 0 radical (unpaired) electrons. The van der Waals surface area contributed by atoms with Crippen molar-refractivity contribution in [1.29, 1.82) is 0 Å². The lowest BCUT2D eigenvalue weighted by atomic mass is 9.73. The number of nitrogens with zero attached hydrogens (tertiary/aromatic N) is 2. The predicted octanol–water partition coefficient (Wildman–Crippen LogP) is -0.156. The zero-order chi connectivity index (χ0) is 26.4. The highest BCUT2D eigenvalue weighted by Crippen LogP contribution is 2.53. The van der Waals surface area contributed by atoms with E-state index in [9.17, 15) is 32.7 Å². The number of carbonyl (C=O) groups excluding carboxylic acids is 3. The number of carbonyl (C=O) groups is 4. The maximum Gasteiger partial charge on any atom is 0.353 e. The van der Waals surface area contributed by atoms with Crippen LogP contribution in [0.5, 0.6) is 0 Å². The van der Waals surface area contributed by atoms with Gasteiger partial charge in [0.2, 0.25) is 21.8 Å². The molecule has 7 atom stereocenters. The average Bonchev–Trinajstić information content (AvgIpc) is 3.28. The standard InChI is InChI=1S/C22H34N4O7S2/c1-10(7-15(27)12(3)24-35(6,32)33)16-17-11(2)19(18(22(30)31)26(17)21(16)29)34-13-8-14(23-9-13)20(28)25(4)5/h10-14,16-17,23-24H,7-9H2,1-6H3,(H,30,31)/t10-,11+,12-,13-,14-,16+,17+/m0/s1. The van der Waals surface area contributed by atoms with Crippen molar-refractivity contribution in [3.8, 4) is 0 Å². The van der Waals surface area contributed by atoms with E-state index >= 15 is 0 Å². The summed E-state index contributed by atoms with van der Waals surface area (Å²) in [6.07, 6.45) is 1.54. The number of hydrogen-bond acceptors (Lipinski definition) is 8. The number of sulfonamides is 1. The van der Waals surface area contributed by atoms with E-state index in [1.165, 1.54) is 28.5 Å². The molecule has 2 saturated heterocycles. The summed E-state index contributed by atoms with van der Waals surface area (Å²) < 4.78 is 25.1. The Hall–Kier alpha value is -1.96. The van der Waals surface area contributed by atoms with E-state index in [0.717, 1.165) is 6.26 Å². The summed E-state index contributed by atoms with van der Waals surface area (Å²) in [6.45, 7) is 5.67. The van der Waals surface area contributed by atoms with Gasteiger partial charge in [0, 0.05) is 43.1 Å². The van der Waals surface area contributed by atoms with Gasteiger partial charge in [0.15, 0.2) is 5.78 Å². The second kappa shape index (κ2) is 10.2. The molecule has 0 spiro atoms. The summed E-state index contributed by atoms with van der Waals surface area (Å²) in [5.74, 6) is -3.00. The van der Waals surface area contributed by atoms with E-state index in [1.54, 1.807) is 21.0 Å². The molecule has 3 rings (SSSR count). The molecule has 0 aromatic heterocycles. The SMILES string of the molecule is C[C@H](NS(C)(=O)=O)C(=O)C[C@H](C)[C@H]1C(=O)N2C(C(=O)O)=C(S[C@@H]3CN[C@H](C(=O)N(C)C)C3)[C@H](C)[C@H]12. The van der Waals surface area contributed by atoms with Gasteiger partial charge in [-0.05, 0) is 19.3 Å². The molecule has 3 aliphatic rings. The molecule has 0 aliphatic carbocycles. The second-order valence-electron chi connectivity index (χ2n) is 9.96. The third-order valence-electron chi connectivity index (χ3n) is 6.92. The first-order chi connectivity index (χ1) is 16.1. The molecule has 0 bridgehead atoms. The summed E-state index contributed by atoms with van der Waals surface area (Å²) in [5, 5.41) is 13.1. The Morgan fingerprint density at radius 2 is 1.91 bits per heavy atom. The number of fused-ring (bicyclic) bond motifs is 1. The lowest BCUT2D eigenvalue weighted by Gasteiger charge is -2.47. The summed E-state index contributed by atoms with van der Waals surface area (Å²) in [6, 6.07) is -1.61. The molecule has 3 aliphatic heterocycles. The van der Waals surface area contributed by atoms with Crippen molar-refractivity contribution in [2.75, 3.05) is 26.9 Å². The minimum Gasteiger partial charge on any atom is -0.477 e. The van der Waals surface area contributed by atoms with Gasteiger partial charge in [-0.3, -0.25) is 14.4 Å². The summed E-state index contributed by atoms with van der Waals surface area (Å²) in [4.78, 5) is 53.5. The quantitative estimate of drug-likeness (QED) is 0.327. The molecule has 3 N–H and O–H groups in total. The van der Waals surface area contributed by atoms with E-state index in [4.69, 9.17) is 0 Å². The molecule has 0 saturated carbocycles. The molecule has 0 unspecified atom stereocenters. The second-order valence-corrected chi connectivity index (χ2v) is 13.1. The number of thioether (sulfide) groups is 1. The summed E-state index contributed by atoms with van der Waals surface area (Å²) in [7, 11) is -0.170.